The summed E-state index contributed by atoms with van der Waals surface area (Å²) in [4.78, 5) is 26.7. The highest BCUT2D eigenvalue weighted by atomic mass is 19.1. The van der Waals surface area contributed by atoms with Gasteiger partial charge in [0.1, 0.15) is 17.6 Å². The van der Waals surface area contributed by atoms with E-state index < -0.39 is 6.04 Å². The van der Waals surface area contributed by atoms with Crippen molar-refractivity contribution in [2.24, 2.45) is 0 Å². The van der Waals surface area contributed by atoms with Gasteiger partial charge in [0.15, 0.2) is 6.61 Å². The van der Waals surface area contributed by atoms with Gasteiger partial charge in [-0.05, 0) is 49.6 Å². The van der Waals surface area contributed by atoms with Gasteiger partial charge in [0, 0.05) is 13.1 Å². The van der Waals surface area contributed by atoms with Gasteiger partial charge in [0.25, 0.3) is 5.91 Å². The van der Waals surface area contributed by atoms with Crippen LogP contribution < -0.4 is 10.1 Å². The first-order chi connectivity index (χ1) is 13.5. The smallest absolute Gasteiger partial charge is 0.261 e. The summed E-state index contributed by atoms with van der Waals surface area (Å²) in [6, 6.07) is 14.7. The van der Waals surface area contributed by atoms with Crippen LogP contribution in [0.2, 0.25) is 0 Å². The molecule has 0 radical (unpaired) electrons. The Morgan fingerprint density at radius 1 is 1.11 bits per heavy atom. The molecule has 0 bridgehead atoms. The Morgan fingerprint density at radius 2 is 1.79 bits per heavy atom. The Labute approximate surface area is 165 Å². The summed E-state index contributed by atoms with van der Waals surface area (Å²) in [7, 11) is 0. The van der Waals surface area contributed by atoms with E-state index in [-0.39, 0.29) is 24.2 Å². The Kier molecular flexibility index (Phi) is 8.46. The molecule has 0 aromatic heterocycles. The van der Waals surface area contributed by atoms with Crippen LogP contribution in [0.25, 0.3) is 0 Å². The molecule has 2 amide bonds. The molecule has 0 aliphatic heterocycles. The number of nitrogens with zero attached hydrogens (tertiary/aromatic N) is 1. The maximum Gasteiger partial charge on any atom is 0.261 e. The molecular formula is C22H27FN2O3. The number of halogens is 1. The normalized spacial score (nSPS) is 11.5. The molecule has 1 atom stereocenters. The largest absolute Gasteiger partial charge is 0.484 e. The highest BCUT2D eigenvalue weighted by Crippen LogP contribution is 2.12. The van der Waals surface area contributed by atoms with Gasteiger partial charge in [-0.15, -0.1) is 0 Å². The Balaban J connectivity index is 2.03. The quantitative estimate of drug-likeness (QED) is 0.682. The molecule has 1 N–H and O–H groups in total. The zero-order chi connectivity index (χ0) is 20.4. The standard InChI is InChI=1S/C22H27FN2O3/c1-3-14-24-22(27)17(2)25(15-13-18-7-5-4-6-8-18)21(26)16-28-20-11-9-19(23)10-12-20/h4-12,17H,3,13-16H2,1-2H3,(H,24,27). The van der Waals surface area contributed by atoms with E-state index in [1.54, 1.807) is 6.92 Å². The van der Waals surface area contributed by atoms with Crippen LogP contribution in [0.1, 0.15) is 25.8 Å². The van der Waals surface area contributed by atoms with Crippen LogP contribution in [-0.4, -0.2) is 42.5 Å². The highest BCUT2D eigenvalue weighted by Gasteiger charge is 2.25. The van der Waals surface area contributed by atoms with Gasteiger partial charge in [-0.25, -0.2) is 4.39 Å². The molecule has 150 valence electrons. The van der Waals surface area contributed by atoms with Crippen molar-refractivity contribution in [3.8, 4) is 5.75 Å². The number of amides is 2. The molecule has 0 heterocycles. The molecule has 0 aliphatic carbocycles. The van der Waals surface area contributed by atoms with Gasteiger partial charge in [0.05, 0.1) is 0 Å². The van der Waals surface area contributed by atoms with Crippen LogP contribution in [-0.2, 0) is 16.0 Å². The second kappa shape index (κ2) is 11.1. The van der Waals surface area contributed by atoms with E-state index in [4.69, 9.17) is 4.74 Å². The predicted molar refractivity (Wildman–Crippen MR) is 107 cm³/mol. The Bertz CT molecular complexity index is 750. The van der Waals surface area contributed by atoms with Crippen molar-refractivity contribution in [3.63, 3.8) is 0 Å². The summed E-state index contributed by atoms with van der Waals surface area (Å²) in [6.07, 6.45) is 1.46. The topological polar surface area (TPSA) is 58.6 Å². The number of rotatable bonds is 10. The molecular weight excluding hydrogens is 359 g/mol. The molecule has 0 fully saturated rings. The zero-order valence-corrected chi connectivity index (χ0v) is 16.4. The lowest BCUT2D eigenvalue weighted by Crippen LogP contribution is -2.50. The Morgan fingerprint density at radius 3 is 2.43 bits per heavy atom. The summed E-state index contributed by atoms with van der Waals surface area (Å²) in [5, 5.41) is 2.83. The van der Waals surface area contributed by atoms with Crippen molar-refractivity contribution in [1.29, 1.82) is 0 Å². The fourth-order valence-electron chi connectivity index (χ4n) is 2.72. The molecule has 2 aromatic rings. The fourth-order valence-corrected chi connectivity index (χ4v) is 2.72. The number of carbonyl (C=O) groups is 2. The van der Waals surface area contributed by atoms with E-state index in [2.05, 4.69) is 5.32 Å². The first kappa shape index (κ1) is 21.4. The second-order valence-corrected chi connectivity index (χ2v) is 6.53. The van der Waals surface area contributed by atoms with Crippen molar-refractivity contribution in [2.75, 3.05) is 19.7 Å². The van der Waals surface area contributed by atoms with Gasteiger partial charge < -0.3 is 15.0 Å². The van der Waals surface area contributed by atoms with Gasteiger partial charge in [-0.2, -0.15) is 0 Å². The average Bonchev–Trinajstić information content (AvgIpc) is 2.72. The van der Waals surface area contributed by atoms with Crippen molar-refractivity contribution in [3.05, 3.63) is 66.0 Å². The third-order valence-electron chi connectivity index (χ3n) is 4.38. The van der Waals surface area contributed by atoms with Crippen LogP contribution >= 0.6 is 0 Å². The lowest BCUT2D eigenvalue weighted by atomic mass is 10.1. The van der Waals surface area contributed by atoms with Gasteiger partial charge >= 0.3 is 0 Å². The van der Waals surface area contributed by atoms with Crippen LogP contribution in [0.15, 0.2) is 54.6 Å². The first-order valence-corrected chi connectivity index (χ1v) is 9.50. The number of hydrogen-bond acceptors (Lipinski definition) is 3. The minimum Gasteiger partial charge on any atom is -0.484 e. The molecule has 2 aromatic carbocycles. The summed E-state index contributed by atoms with van der Waals surface area (Å²) in [6.45, 7) is 4.43. The van der Waals surface area contributed by atoms with E-state index in [1.165, 1.54) is 29.2 Å². The fraction of sp³-hybridized carbons (Fsp3) is 0.364. The van der Waals surface area contributed by atoms with Crippen molar-refractivity contribution in [2.45, 2.75) is 32.7 Å². The molecule has 0 saturated carbocycles. The molecule has 6 heteroatoms. The summed E-state index contributed by atoms with van der Waals surface area (Å²) in [5.74, 6) is -0.449. The molecule has 5 nitrogen and oxygen atoms in total. The number of benzene rings is 2. The van der Waals surface area contributed by atoms with Crippen molar-refractivity contribution >= 4 is 11.8 Å². The number of nitrogens with one attached hydrogen (secondary N) is 1. The van der Waals surface area contributed by atoms with E-state index >= 15 is 0 Å². The molecule has 1 unspecified atom stereocenters. The Hall–Kier alpha value is -2.89. The summed E-state index contributed by atoms with van der Waals surface area (Å²) in [5.41, 5.74) is 1.08. The zero-order valence-electron chi connectivity index (χ0n) is 16.4. The third-order valence-corrected chi connectivity index (χ3v) is 4.38. The van der Waals surface area contributed by atoms with Gasteiger partial charge in [0.2, 0.25) is 5.91 Å². The second-order valence-electron chi connectivity index (χ2n) is 6.53. The van der Waals surface area contributed by atoms with Gasteiger partial charge in [-0.1, -0.05) is 37.3 Å². The van der Waals surface area contributed by atoms with Crippen LogP contribution in [0, 0.1) is 5.82 Å². The monoisotopic (exact) mass is 386 g/mol. The molecule has 0 saturated heterocycles. The lowest BCUT2D eigenvalue weighted by Gasteiger charge is -2.28. The van der Waals surface area contributed by atoms with Crippen LogP contribution in [0.5, 0.6) is 5.75 Å². The molecule has 0 spiro atoms. The SMILES string of the molecule is CCCNC(=O)C(C)N(CCc1ccccc1)C(=O)COc1ccc(F)cc1. The predicted octanol–water partition coefficient (Wildman–Crippen LogP) is 3.19. The molecule has 2 rings (SSSR count). The van der Waals surface area contributed by atoms with Crippen LogP contribution in [0.3, 0.4) is 0 Å². The molecule has 0 aliphatic rings. The van der Waals surface area contributed by atoms with Crippen LogP contribution in [0.4, 0.5) is 4.39 Å². The maximum atomic E-state index is 13.0. The highest BCUT2D eigenvalue weighted by molar-refractivity contribution is 5.87. The minimum atomic E-state index is -0.611. The van der Waals surface area contributed by atoms with E-state index in [0.717, 1.165) is 12.0 Å². The number of ether oxygens (including phenoxy) is 1. The summed E-state index contributed by atoms with van der Waals surface area (Å²) < 4.78 is 18.5. The van der Waals surface area contributed by atoms with E-state index in [0.29, 0.717) is 25.3 Å². The first-order valence-electron chi connectivity index (χ1n) is 9.50. The van der Waals surface area contributed by atoms with Gasteiger partial charge in [-0.3, -0.25) is 9.59 Å². The average molecular weight is 386 g/mol. The summed E-state index contributed by atoms with van der Waals surface area (Å²) >= 11 is 0. The minimum absolute atomic E-state index is 0.190. The van der Waals surface area contributed by atoms with E-state index in [1.807, 2.05) is 37.3 Å². The van der Waals surface area contributed by atoms with Crippen molar-refractivity contribution < 1.29 is 18.7 Å². The van der Waals surface area contributed by atoms with E-state index in [9.17, 15) is 14.0 Å². The molecule has 28 heavy (non-hydrogen) atoms. The van der Waals surface area contributed by atoms with Crippen molar-refractivity contribution in [1.82, 2.24) is 10.2 Å². The number of hydrogen-bond donors (Lipinski definition) is 1. The lowest BCUT2D eigenvalue weighted by molar-refractivity contribution is -0.141. The number of carbonyl (C=O) groups excluding carboxylic acids is 2. The third kappa shape index (κ3) is 6.68. The maximum absolute atomic E-state index is 13.0.